The Balaban J connectivity index is 1.57. The molecule has 0 unspecified atom stereocenters. The van der Waals surface area contributed by atoms with Crippen LogP contribution in [-0.2, 0) is 6.61 Å². The van der Waals surface area contributed by atoms with Gasteiger partial charge < -0.3 is 24.7 Å². The van der Waals surface area contributed by atoms with Gasteiger partial charge in [0.1, 0.15) is 12.3 Å². The number of nitrogens with zero attached hydrogens (tertiary/aromatic N) is 3. The lowest BCUT2D eigenvalue weighted by Gasteiger charge is -2.30. The predicted molar refractivity (Wildman–Crippen MR) is 88.5 cm³/mol. The van der Waals surface area contributed by atoms with Crippen LogP contribution in [0.15, 0.2) is 4.42 Å². The van der Waals surface area contributed by atoms with Gasteiger partial charge in [-0.25, -0.2) is 0 Å². The maximum Gasteiger partial charge on any atom is 0.318 e. The minimum absolute atomic E-state index is 0.0208. The normalized spacial score (nSPS) is 15.8. The molecule has 3 rings (SSSR count). The van der Waals surface area contributed by atoms with Crippen molar-refractivity contribution in [2.75, 3.05) is 18.0 Å². The number of H-pyrrole nitrogens is 1. The maximum absolute atomic E-state index is 12.3. The summed E-state index contributed by atoms with van der Waals surface area (Å²) in [7, 11) is 0. The molecular weight excluding hydrogens is 357 g/mol. The minimum atomic E-state index is -0.279. The predicted octanol–water partition coefficient (Wildman–Crippen LogP) is 1.90. The lowest BCUT2D eigenvalue weighted by atomic mass is 10.1. The number of carbonyl (C=O) groups excluding carboxylic acids is 1. The lowest BCUT2D eigenvalue weighted by molar-refractivity contribution is 0.0926. The van der Waals surface area contributed by atoms with E-state index in [0.29, 0.717) is 29.8 Å². The van der Waals surface area contributed by atoms with Crippen LogP contribution in [0.3, 0.4) is 0 Å². The average Bonchev–Trinajstić information content (AvgIpc) is 3.16. The van der Waals surface area contributed by atoms with Crippen molar-refractivity contribution in [2.24, 2.45) is 0 Å². The number of halogens is 2. The van der Waals surface area contributed by atoms with Crippen molar-refractivity contribution in [3.05, 3.63) is 27.3 Å². The SMILES string of the molecule is Cc1[nH]c(C(=O)NC2CCN(c3nnc(CO)o3)CC2)c(Cl)c1Cl. The number of nitrogens with one attached hydrogen (secondary N) is 2. The molecule has 0 spiro atoms. The zero-order valence-electron chi connectivity index (χ0n) is 13.0. The first-order valence-electron chi connectivity index (χ1n) is 7.52. The van der Waals surface area contributed by atoms with Crippen LogP contribution < -0.4 is 10.2 Å². The van der Waals surface area contributed by atoms with E-state index in [1.807, 2.05) is 4.90 Å². The first-order valence-corrected chi connectivity index (χ1v) is 8.27. The molecule has 0 aromatic carbocycles. The molecule has 24 heavy (non-hydrogen) atoms. The molecule has 1 amide bonds. The molecule has 0 aliphatic carbocycles. The summed E-state index contributed by atoms with van der Waals surface area (Å²) in [5.41, 5.74) is 0.948. The second kappa shape index (κ2) is 7.00. The standard InChI is InChI=1S/C14H17Cl2N5O3/c1-7-10(15)11(16)12(17-7)13(23)18-8-2-4-21(5-3-8)14-20-19-9(6-22)24-14/h8,17,22H,2-6H2,1H3,(H,18,23). The van der Waals surface area contributed by atoms with Crippen LogP contribution in [-0.4, -0.2) is 45.3 Å². The van der Waals surface area contributed by atoms with E-state index < -0.39 is 0 Å². The van der Waals surface area contributed by atoms with Crippen LogP contribution in [0.4, 0.5) is 6.01 Å². The monoisotopic (exact) mass is 373 g/mol. The van der Waals surface area contributed by atoms with Crippen LogP contribution in [0.2, 0.25) is 10.0 Å². The Kier molecular flexibility index (Phi) is 4.98. The number of hydrogen-bond donors (Lipinski definition) is 3. The Labute approximate surface area is 148 Å². The molecule has 3 heterocycles. The molecule has 2 aromatic heterocycles. The van der Waals surface area contributed by atoms with Gasteiger partial charge in [0, 0.05) is 24.8 Å². The molecule has 10 heteroatoms. The molecule has 2 aromatic rings. The molecule has 0 radical (unpaired) electrons. The van der Waals surface area contributed by atoms with Crippen LogP contribution in [0.5, 0.6) is 0 Å². The average molecular weight is 374 g/mol. The third-order valence-corrected chi connectivity index (χ3v) is 4.92. The van der Waals surface area contributed by atoms with Crippen molar-refractivity contribution in [3.63, 3.8) is 0 Å². The van der Waals surface area contributed by atoms with Crippen molar-refractivity contribution in [2.45, 2.75) is 32.4 Å². The number of aliphatic hydroxyl groups excluding tert-OH is 1. The molecule has 0 atom stereocenters. The van der Waals surface area contributed by atoms with Crippen molar-refractivity contribution in [1.82, 2.24) is 20.5 Å². The molecule has 0 saturated carbocycles. The van der Waals surface area contributed by atoms with E-state index in [2.05, 4.69) is 20.5 Å². The van der Waals surface area contributed by atoms with Crippen LogP contribution >= 0.6 is 23.2 Å². The van der Waals surface area contributed by atoms with Gasteiger partial charge in [-0.2, -0.15) is 0 Å². The Morgan fingerprint density at radius 2 is 2.08 bits per heavy atom. The van der Waals surface area contributed by atoms with Gasteiger partial charge in [0.25, 0.3) is 5.91 Å². The second-order valence-corrected chi connectivity index (χ2v) is 6.38. The summed E-state index contributed by atoms with van der Waals surface area (Å²) in [5.74, 6) is -0.0807. The Bertz CT molecular complexity index is 737. The van der Waals surface area contributed by atoms with Crippen LogP contribution in [0.25, 0.3) is 0 Å². The molecular formula is C14H17Cl2N5O3. The molecule has 1 aliphatic heterocycles. The summed E-state index contributed by atoms with van der Waals surface area (Å²) < 4.78 is 5.32. The van der Waals surface area contributed by atoms with Crippen molar-refractivity contribution >= 4 is 35.1 Å². The van der Waals surface area contributed by atoms with Crippen LogP contribution in [0.1, 0.15) is 34.9 Å². The van der Waals surface area contributed by atoms with Crippen molar-refractivity contribution in [1.29, 1.82) is 0 Å². The number of hydrogen-bond acceptors (Lipinski definition) is 6. The fourth-order valence-corrected chi connectivity index (χ4v) is 3.05. The van der Waals surface area contributed by atoms with E-state index in [4.69, 9.17) is 32.7 Å². The number of amides is 1. The fourth-order valence-electron chi connectivity index (χ4n) is 2.64. The van der Waals surface area contributed by atoms with E-state index in [9.17, 15) is 4.79 Å². The van der Waals surface area contributed by atoms with Crippen molar-refractivity contribution < 1.29 is 14.3 Å². The van der Waals surface area contributed by atoms with Gasteiger partial charge in [0.15, 0.2) is 0 Å². The molecule has 1 saturated heterocycles. The molecule has 3 N–H and O–H groups in total. The zero-order chi connectivity index (χ0) is 17.3. The van der Waals surface area contributed by atoms with E-state index >= 15 is 0 Å². The van der Waals surface area contributed by atoms with Crippen LogP contribution in [0, 0.1) is 6.92 Å². The highest BCUT2D eigenvalue weighted by Crippen LogP contribution is 2.29. The van der Waals surface area contributed by atoms with Gasteiger partial charge in [-0.05, 0) is 19.8 Å². The van der Waals surface area contributed by atoms with Gasteiger partial charge in [-0.15, -0.1) is 5.10 Å². The van der Waals surface area contributed by atoms with E-state index in [0.717, 1.165) is 12.8 Å². The number of aryl methyl sites for hydroxylation is 1. The van der Waals surface area contributed by atoms with Gasteiger partial charge in [0.05, 0.1) is 10.0 Å². The quantitative estimate of drug-likeness (QED) is 0.755. The number of aromatic nitrogens is 3. The number of aliphatic hydroxyl groups is 1. The first-order chi connectivity index (χ1) is 11.5. The summed E-state index contributed by atoms with van der Waals surface area (Å²) in [6.45, 7) is 2.80. The van der Waals surface area contributed by atoms with Gasteiger partial charge >= 0.3 is 6.01 Å². The third-order valence-electron chi connectivity index (χ3n) is 3.97. The smallest absolute Gasteiger partial charge is 0.318 e. The minimum Gasteiger partial charge on any atom is -0.405 e. The number of aromatic amines is 1. The molecule has 1 fully saturated rings. The number of anilines is 1. The summed E-state index contributed by atoms with van der Waals surface area (Å²) in [6, 6.07) is 0.408. The Morgan fingerprint density at radius 3 is 2.62 bits per heavy atom. The summed E-state index contributed by atoms with van der Waals surface area (Å²) in [6.07, 6.45) is 1.46. The molecule has 1 aliphatic rings. The first kappa shape index (κ1) is 17.1. The number of piperidine rings is 1. The maximum atomic E-state index is 12.3. The Hall–Kier alpha value is -1.77. The van der Waals surface area contributed by atoms with E-state index in [1.165, 1.54) is 0 Å². The van der Waals surface area contributed by atoms with Gasteiger partial charge in [0.2, 0.25) is 5.89 Å². The second-order valence-electron chi connectivity index (χ2n) is 5.62. The highest BCUT2D eigenvalue weighted by Gasteiger charge is 2.26. The third kappa shape index (κ3) is 3.35. The van der Waals surface area contributed by atoms with Gasteiger partial charge in [-0.1, -0.05) is 28.3 Å². The van der Waals surface area contributed by atoms with Crippen molar-refractivity contribution in [3.8, 4) is 0 Å². The Morgan fingerprint density at radius 1 is 1.38 bits per heavy atom. The zero-order valence-corrected chi connectivity index (χ0v) is 14.5. The largest absolute Gasteiger partial charge is 0.405 e. The van der Waals surface area contributed by atoms with E-state index in [-0.39, 0.29) is 35.2 Å². The highest BCUT2D eigenvalue weighted by atomic mass is 35.5. The number of rotatable bonds is 4. The highest BCUT2D eigenvalue weighted by molar-refractivity contribution is 6.44. The summed E-state index contributed by atoms with van der Waals surface area (Å²) >= 11 is 12.1. The summed E-state index contributed by atoms with van der Waals surface area (Å²) in [5, 5.41) is 20.1. The topological polar surface area (TPSA) is 107 Å². The molecule has 0 bridgehead atoms. The fraction of sp³-hybridized carbons (Fsp3) is 0.500. The molecule has 8 nitrogen and oxygen atoms in total. The number of carbonyl (C=O) groups is 1. The molecule has 130 valence electrons. The summed E-state index contributed by atoms with van der Waals surface area (Å²) in [4.78, 5) is 17.2. The lowest BCUT2D eigenvalue weighted by Crippen LogP contribution is -2.45. The van der Waals surface area contributed by atoms with Gasteiger partial charge in [-0.3, -0.25) is 4.79 Å². The van der Waals surface area contributed by atoms with E-state index in [1.54, 1.807) is 6.92 Å².